The fourth-order valence-electron chi connectivity index (χ4n) is 2.64. The summed E-state index contributed by atoms with van der Waals surface area (Å²) in [5.41, 5.74) is 8.16. The molecule has 0 heterocycles. The van der Waals surface area contributed by atoms with Gasteiger partial charge in [0.2, 0.25) is 0 Å². The molecular formula is C22H30N2O3. The van der Waals surface area contributed by atoms with E-state index in [1.165, 1.54) is 0 Å². The number of rotatable bonds is 7. The highest BCUT2D eigenvalue weighted by Crippen LogP contribution is 2.24. The second-order valence-electron chi connectivity index (χ2n) is 7.65. The first-order chi connectivity index (χ1) is 12.7. The molecule has 0 radical (unpaired) electrons. The monoisotopic (exact) mass is 370 g/mol. The summed E-state index contributed by atoms with van der Waals surface area (Å²) in [6, 6.07) is 17.7. The molecule has 2 N–H and O–H groups in total. The zero-order valence-electron chi connectivity index (χ0n) is 16.6. The summed E-state index contributed by atoms with van der Waals surface area (Å²) >= 11 is 0. The summed E-state index contributed by atoms with van der Waals surface area (Å²) in [5.74, 6) is 0. The van der Waals surface area contributed by atoms with Gasteiger partial charge in [0.25, 0.3) is 0 Å². The summed E-state index contributed by atoms with van der Waals surface area (Å²) in [4.78, 5) is 13.8. The van der Waals surface area contributed by atoms with Crippen molar-refractivity contribution < 1.29 is 14.3 Å². The average Bonchev–Trinajstić information content (AvgIpc) is 2.61. The molecule has 0 fully saturated rings. The van der Waals surface area contributed by atoms with Gasteiger partial charge in [0.1, 0.15) is 5.60 Å². The third kappa shape index (κ3) is 7.31. The van der Waals surface area contributed by atoms with Crippen LogP contribution in [0, 0.1) is 0 Å². The van der Waals surface area contributed by atoms with Crippen molar-refractivity contribution in [3.05, 3.63) is 65.7 Å². The van der Waals surface area contributed by atoms with Gasteiger partial charge in [-0.3, -0.25) is 0 Å². The molecule has 2 rings (SSSR count). The molecule has 5 heteroatoms. The molecule has 27 heavy (non-hydrogen) atoms. The van der Waals surface area contributed by atoms with Crippen LogP contribution in [0.25, 0.3) is 0 Å². The maximum Gasteiger partial charge on any atom is 0.410 e. The van der Waals surface area contributed by atoms with E-state index in [2.05, 4.69) is 0 Å². The summed E-state index contributed by atoms with van der Waals surface area (Å²) < 4.78 is 11.6. The zero-order chi connectivity index (χ0) is 19.9. The van der Waals surface area contributed by atoms with Gasteiger partial charge in [-0.1, -0.05) is 42.5 Å². The van der Waals surface area contributed by atoms with E-state index in [9.17, 15) is 4.79 Å². The molecule has 1 amide bonds. The first kappa shape index (κ1) is 20.8. The van der Waals surface area contributed by atoms with Crippen molar-refractivity contribution in [1.82, 2.24) is 4.90 Å². The van der Waals surface area contributed by atoms with Gasteiger partial charge in [0, 0.05) is 19.3 Å². The van der Waals surface area contributed by atoms with Crippen molar-refractivity contribution >= 4 is 11.8 Å². The second-order valence-corrected chi connectivity index (χ2v) is 7.65. The zero-order valence-corrected chi connectivity index (χ0v) is 16.6. The Hall–Kier alpha value is -2.53. The van der Waals surface area contributed by atoms with Gasteiger partial charge in [-0.2, -0.15) is 0 Å². The molecule has 0 bridgehead atoms. The van der Waals surface area contributed by atoms with Crippen molar-refractivity contribution in [1.29, 1.82) is 0 Å². The van der Waals surface area contributed by atoms with E-state index in [4.69, 9.17) is 15.2 Å². The Morgan fingerprint density at radius 3 is 2.44 bits per heavy atom. The number of nitrogens with two attached hydrogens (primary N) is 1. The number of hydrogen-bond acceptors (Lipinski definition) is 4. The lowest BCUT2D eigenvalue weighted by molar-refractivity contribution is 0.0138. The van der Waals surface area contributed by atoms with Crippen LogP contribution in [-0.4, -0.2) is 30.2 Å². The van der Waals surface area contributed by atoms with Crippen LogP contribution in [0.15, 0.2) is 54.6 Å². The Labute approximate surface area is 162 Å². The van der Waals surface area contributed by atoms with Crippen LogP contribution >= 0.6 is 0 Å². The molecular weight excluding hydrogens is 340 g/mol. The number of carbonyl (C=O) groups is 1. The number of carbonyl (C=O) groups excluding carboxylic acids is 1. The summed E-state index contributed by atoms with van der Waals surface area (Å²) in [6.45, 7) is 6.58. The van der Waals surface area contributed by atoms with Crippen LogP contribution in [0.5, 0.6) is 0 Å². The Balaban J connectivity index is 1.99. The molecule has 0 aliphatic rings. The van der Waals surface area contributed by atoms with E-state index < -0.39 is 5.60 Å². The van der Waals surface area contributed by atoms with Crippen LogP contribution in [-0.2, 0) is 16.1 Å². The first-order valence-corrected chi connectivity index (χ1v) is 9.20. The van der Waals surface area contributed by atoms with Crippen LogP contribution in [0.4, 0.5) is 10.5 Å². The van der Waals surface area contributed by atoms with E-state index in [1.54, 1.807) is 11.9 Å². The SMILES string of the molecule is CN(CCC(OCc1cccc(N)c1)c1ccccc1)C(=O)OC(C)(C)C. The van der Waals surface area contributed by atoms with Crippen LogP contribution in [0.3, 0.4) is 0 Å². The van der Waals surface area contributed by atoms with Crippen molar-refractivity contribution in [3.63, 3.8) is 0 Å². The van der Waals surface area contributed by atoms with Crippen molar-refractivity contribution in [2.45, 2.75) is 45.5 Å². The standard InChI is InChI=1S/C22H30N2O3/c1-22(2,3)27-21(25)24(4)14-13-20(18-10-6-5-7-11-18)26-16-17-9-8-12-19(23)15-17/h5-12,15,20H,13-14,16,23H2,1-4H3. The van der Waals surface area contributed by atoms with E-state index in [0.717, 1.165) is 16.8 Å². The average molecular weight is 370 g/mol. The summed E-state index contributed by atoms with van der Waals surface area (Å²) in [7, 11) is 1.74. The maximum absolute atomic E-state index is 12.2. The summed E-state index contributed by atoms with van der Waals surface area (Å²) in [6.07, 6.45) is 0.213. The Morgan fingerprint density at radius 1 is 1.11 bits per heavy atom. The van der Waals surface area contributed by atoms with Crippen molar-refractivity contribution in [2.75, 3.05) is 19.3 Å². The van der Waals surface area contributed by atoms with Gasteiger partial charge in [0.15, 0.2) is 0 Å². The smallest absolute Gasteiger partial charge is 0.410 e. The van der Waals surface area contributed by atoms with Gasteiger partial charge in [-0.05, 0) is 50.5 Å². The number of nitrogens with zero attached hydrogens (tertiary/aromatic N) is 1. The van der Waals surface area contributed by atoms with Gasteiger partial charge in [-0.25, -0.2) is 4.79 Å². The highest BCUT2D eigenvalue weighted by molar-refractivity contribution is 5.67. The van der Waals surface area contributed by atoms with E-state index in [0.29, 0.717) is 19.6 Å². The van der Waals surface area contributed by atoms with Crippen molar-refractivity contribution in [2.24, 2.45) is 0 Å². The van der Waals surface area contributed by atoms with Gasteiger partial charge in [0.05, 0.1) is 12.7 Å². The van der Waals surface area contributed by atoms with Gasteiger partial charge < -0.3 is 20.1 Å². The number of amides is 1. The molecule has 0 saturated carbocycles. The Bertz CT molecular complexity index is 726. The van der Waals surface area contributed by atoms with Gasteiger partial charge in [-0.15, -0.1) is 0 Å². The minimum atomic E-state index is -0.506. The van der Waals surface area contributed by atoms with Crippen molar-refractivity contribution in [3.8, 4) is 0 Å². The van der Waals surface area contributed by atoms with Crippen LogP contribution < -0.4 is 5.73 Å². The number of hydrogen-bond donors (Lipinski definition) is 1. The van der Waals surface area contributed by atoms with E-state index in [1.807, 2.05) is 75.4 Å². The fourth-order valence-corrected chi connectivity index (χ4v) is 2.64. The first-order valence-electron chi connectivity index (χ1n) is 9.20. The molecule has 0 aliphatic carbocycles. The number of anilines is 1. The lowest BCUT2D eigenvalue weighted by Crippen LogP contribution is -2.35. The fraction of sp³-hybridized carbons (Fsp3) is 0.409. The van der Waals surface area contributed by atoms with E-state index in [-0.39, 0.29) is 12.2 Å². The maximum atomic E-state index is 12.2. The lowest BCUT2D eigenvalue weighted by atomic mass is 10.1. The minimum Gasteiger partial charge on any atom is -0.444 e. The van der Waals surface area contributed by atoms with Gasteiger partial charge >= 0.3 is 6.09 Å². The molecule has 0 aromatic heterocycles. The minimum absolute atomic E-state index is 0.127. The molecule has 1 unspecified atom stereocenters. The molecule has 5 nitrogen and oxygen atoms in total. The number of ether oxygens (including phenoxy) is 2. The summed E-state index contributed by atoms with van der Waals surface area (Å²) in [5, 5.41) is 0. The molecule has 2 aromatic rings. The van der Waals surface area contributed by atoms with Crippen LogP contribution in [0.2, 0.25) is 0 Å². The molecule has 146 valence electrons. The number of nitrogen functional groups attached to an aromatic ring is 1. The predicted molar refractivity (Wildman–Crippen MR) is 108 cm³/mol. The Morgan fingerprint density at radius 2 is 1.81 bits per heavy atom. The third-order valence-corrected chi connectivity index (χ3v) is 4.01. The second kappa shape index (κ2) is 9.42. The predicted octanol–water partition coefficient (Wildman–Crippen LogP) is 4.78. The highest BCUT2D eigenvalue weighted by Gasteiger charge is 2.21. The molecule has 2 aromatic carbocycles. The highest BCUT2D eigenvalue weighted by atomic mass is 16.6. The quantitative estimate of drug-likeness (QED) is 0.712. The molecule has 0 saturated heterocycles. The topological polar surface area (TPSA) is 64.8 Å². The normalized spacial score (nSPS) is 12.4. The Kier molecular flexibility index (Phi) is 7.25. The van der Waals surface area contributed by atoms with Crippen LogP contribution in [0.1, 0.15) is 44.4 Å². The largest absolute Gasteiger partial charge is 0.444 e. The number of benzene rings is 2. The van der Waals surface area contributed by atoms with E-state index >= 15 is 0 Å². The lowest BCUT2D eigenvalue weighted by Gasteiger charge is -2.26. The molecule has 0 aliphatic heterocycles. The molecule has 1 atom stereocenters. The molecule has 0 spiro atoms. The third-order valence-electron chi connectivity index (χ3n) is 4.01.